The van der Waals surface area contributed by atoms with Crippen molar-refractivity contribution in [2.24, 2.45) is 0 Å². The molecule has 0 aliphatic carbocycles. The number of rotatable bonds is 6. The fourth-order valence-electron chi connectivity index (χ4n) is 1.63. The molecule has 2 N–H and O–H groups in total. The number of aliphatic hydroxyl groups excluding tert-OH is 1. The SMILES string of the molecule is C/C=C/CCNCC(O)c1cccc(C(F)(F)F)c1. The average Bonchev–Trinajstić information content (AvgIpc) is 2.37. The molecule has 1 unspecified atom stereocenters. The molecule has 19 heavy (non-hydrogen) atoms. The topological polar surface area (TPSA) is 32.3 Å². The Kier molecular flexibility index (Phi) is 6.05. The van der Waals surface area contributed by atoms with Gasteiger partial charge in [0.2, 0.25) is 0 Å². The fraction of sp³-hybridized carbons (Fsp3) is 0.429. The molecule has 5 heteroatoms. The Morgan fingerprint density at radius 1 is 1.37 bits per heavy atom. The molecule has 0 bridgehead atoms. The lowest BCUT2D eigenvalue weighted by molar-refractivity contribution is -0.137. The highest BCUT2D eigenvalue weighted by Gasteiger charge is 2.30. The fourth-order valence-corrected chi connectivity index (χ4v) is 1.63. The van der Waals surface area contributed by atoms with E-state index in [9.17, 15) is 18.3 Å². The lowest BCUT2D eigenvalue weighted by Gasteiger charge is -2.14. The summed E-state index contributed by atoms with van der Waals surface area (Å²) in [6.07, 6.45) is -0.594. The van der Waals surface area contributed by atoms with Gasteiger partial charge in [0.25, 0.3) is 0 Å². The first-order chi connectivity index (χ1) is 8.95. The number of hydrogen-bond acceptors (Lipinski definition) is 2. The lowest BCUT2D eigenvalue weighted by atomic mass is 10.1. The minimum absolute atomic E-state index is 0.235. The second-order valence-corrected chi connectivity index (χ2v) is 4.20. The zero-order valence-electron chi connectivity index (χ0n) is 10.7. The molecule has 0 aliphatic heterocycles. The molecule has 1 aromatic carbocycles. The van der Waals surface area contributed by atoms with Gasteiger partial charge in [0.15, 0.2) is 0 Å². The number of aliphatic hydroxyl groups is 1. The van der Waals surface area contributed by atoms with Crippen LogP contribution in [-0.4, -0.2) is 18.2 Å². The van der Waals surface area contributed by atoms with E-state index in [-0.39, 0.29) is 12.1 Å². The molecule has 0 radical (unpaired) electrons. The predicted octanol–water partition coefficient (Wildman–Crippen LogP) is 3.29. The van der Waals surface area contributed by atoms with Gasteiger partial charge in [-0.2, -0.15) is 13.2 Å². The van der Waals surface area contributed by atoms with Crippen LogP contribution in [0.25, 0.3) is 0 Å². The van der Waals surface area contributed by atoms with E-state index in [0.717, 1.165) is 18.6 Å². The standard InChI is InChI=1S/C14H18F3NO/c1-2-3-4-8-18-10-13(19)11-6-5-7-12(9-11)14(15,16)17/h2-3,5-7,9,13,18-19H,4,8,10H2,1H3/b3-2+. The molecule has 106 valence electrons. The molecule has 0 heterocycles. The van der Waals surface area contributed by atoms with Crippen LogP contribution >= 0.6 is 0 Å². The summed E-state index contributed by atoms with van der Waals surface area (Å²) in [5.41, 5.74) is -0.466. The molecule has 0 amide bonds. The van der Waals surface area contributed by atoms with E-state index < -0.39 is 17.8 Å². The first-order valence-corrected chi connectivity index (χ1v) is 6.12. The Morgan fingerprint density at radius 2 is 2.11 bits per heavy atom. The highest BCUT2D eigenvalue weighted by atomic mass is 19.4. The zero-order valence-corrected chi connectivity index (χ0v) is 10.7. The molecule has 0 fully saturated rings. The van der Waals surface area contributed by atoms with Gasteiger partial charge in [0.1, 0.15) is 0 Å². The van der Waals surface area contributed by atoms with Crippen LogP contribution in [0.3, 0.4) is 0 Å². The first kappa shape index (κ1) is 15.7. The summed E-state index contributed by atoms with van der Waals surface area (Å²) in [4.78, 5) is 0. The lowest BCUT2D eigenvalue weighted by Crippen LogP contribution is -2.22. The number of allylic oxidation sites excluding steroid dienone is 1. The van der Waals surface area contributed by atoms with Gasteiger partial charge in [-0.15, -0.1) is 0 Å². The predicted molar refractivity (Wildman–Crippen MR) is 68.7 cm³/mol. The third kappa shape index (κ3) is 5.44. The van der Waals surface area contributed by atoms with Crippen molar-refractivity contribution < 1.29 is 18.3 Å². The van der Waals surface area contributed by atoms with Crippen molar-refractivity contribution in [3.8, 4) is 0 Å². The molecule has 1 rings (SSSR count). The summed E-state index contributed by atoms with van der Waals surface area (Å²) >= 11 is 0. The van der Waals surface area contributed by atoms with Crippen molar-refractivity contribution in [1.82, 2.24) is 5.32 Å². The van der Waals surface area contributed by atoms with E-state index in [1.165, 1.54) is 12.1 Å². The zero-order chi connectivity index (χ0) is 14.3. The van der Waals surface area contributed by atoms with Crippen molar-refractivity contribution >= 4 is 0 Å². The summed E-state index contributed by atoms with van der Waals surface area (Å²) in [7, 11) is 0. The van der Waals surface area contributed by atoms with E-state index in [4.69, 9.17) is 0 Å². The second-order valence-electron chi connectivity index (χ2n) is 4.20. The Morgan fingerprint density at radius 3 is 2.74 bits per heavy atom. The van der Waals surface area contributed by atoms with E-state index in [2.05, 4.69) is 5.32 Å². The van der Waals surface area contributed by atoms with Gasteiger partial charge in [0.05, 0.1) is 11.7 Å². The van der Waals surface area contributed by atoms with Crippen LogP contribution in [-0.2, 0) is 6.18 Å². The van der Waals surface area contributed by atoms with Crippen molar-refractivity contribution in [3.05, 3.63) is 47.5 Å². The van der Waals surface area contributed by atoms with Crippen LogP contribution in [0, 0.1) is 0 Å². The van der Waals surface area contributed by atoms with Crippen LogP contribution in [0.15, 0.2) is 36.4 Å². The van der Waals surface area contributed by atoms with Gasteiger partial charge in [-0.05, 0) is 37.6 Å². The van der Waals surface area contributed by atoms with E-state index in [0.29, 0.717) is 6.54 Å². The molecule has 0 aliphatic rings. The quantitative estimate of drug-likeness (QED) is 0.615. The highest BCUT2D eigenvalue weighted by Crippen LogP contribution is 2.30. The monoisotopic (exact) mass is 273 g/mol. The second kappa shape index (κ2) is 7.31. The third-order valence-electron chi connectivity index (χ3n) is 2.66. The number of hydrogen-bond donors (Lipinski definition) is 2. The van der Waals surface area contributed by atoms with Gasteiger partial charge in [0, 0.05) is 6.54 Å². The van der Waals surface area contributed by atoms with Gasteiger partial charge >= 0.3 is 6.18 Å². The van der Waals surface area contributed by atoms with Gasteiger partial charge in [-0.25, -0.2) is 0 Å². The summed E-state index contributed by atoms with van der Waals surface area (Å²) in [5.74, 6) is 0. The van der Waals surface area contributed by atoms with Crippen molar-refractivity contribution in [2.45, 2.75) is 25.6 Å². The molecule has 0 spiro atoms. The summed E-state index contributed by atoms with van der Waals surface area (Å²) in [5, 5.41) is 12.8. The molecule has 1 atom stereocenters. The van der Waals surface area contributed by atoms with Crippen molar-refractivity contribution in [3.63, 3.8) is 0 Å². The average molecular weight is 273 g/mol. The van der Waals surface area contributed by atoms with Gasteiger partial charge in [-0.1, -0.05) is 24.3 Å². The normalized spacial score (nSPS) is 13.9. The number of halogens is 3. The molecular formula is C14H18F3NO. The maximum absolute atomic E-state index is 12.5. The minimum Gasteiger partial charge on any atom is -0.387 e. The van der Waals surface area contributed by atoms with Gasteiger partial charge < -0.3 is 10.4 Å². The van der Waals surface area contributed by atoms with E-state index >= 15 is 0 Å². The highest BCUT2D eigenvalue weighted by molar-refractivity contribution is 5.27. The summed E-state index contributed by atoms with van der Waals surface area (Å²) in [6, 6.07) is 4.78. The smallest absolute Gasteiger partial charge is 0.387 e. The van der Waals surface area contributed by atoms with Crippen LogP contribution in [0.5, 0.6) is 0 Å². The number of alkyl halides is 3. The maximum Gasteiger partial charge on any atom is 0.416 e. The summed E-state index contributed by atoms with van der Waals surface area (Å²) < 4.78 is 37.6. The van der Waals surface area contributed by atoms with Crippen molar-refractivity contribution in [2.75, 3.05) is 13.1 Å². The molecular weight excluding hydrogens is 255 g/mol. The van der Waals surface area contributed by atoms with Crippen LogP contribution in [0.1, 0.15) is 30.6 Å². The Bertz CT molecular complexity index is 415. The van der Waals surface area contributed by atoms with E-state index in [1.54, 1.807) is 0 Å². The number of nitrogens with one attached hydrogen (secondary N) is 1. The van der Waals surface area contributed by atoms with Crippen molar-refractivity contribution in [1.29, 1.82) is 0 Å². The first-order valence-electron chi connectivity index (χ1n) is 6.12. The largest absolute Gasteiger partial charge is 0.416 e. The summed E-state index contributed by atoms with van der Waals surface area (Å²) in [6.45, 7) is 2.83. The van der Waals surface area contributed by atoms with Gasteiger partial charge in [-0.3, -0.25) is 0 Å². The number of benzene rings is 1. The molecule has 0 saturated carbocycles. The van der Waals surface area contributed by atoms with Crippen LogP contribution in [0.2, 0.25) is 0 Å². The molecule has 0 saturated heterocycles. The Balaban J connectivity index is 2.55. The molecule has 0 aromatic heterocycles. The molecule has 2 nitrogen and oxygen atoms in total. The van der Waals surface area contributed by atoms with Crippen LogP contribution < -0.4 is 5.32 Å². The maximum atomic E-state index is 12.5. The van der Waals surface area contributed by atoms with Crippen LogP contribution in [0.4, 0.5) is 13.2 Å². The Labute approximate surface area is 111 Å². The van der Waals surface area contributed by atoms with E-state index in [1.807, 2.05) is 19.1 Å². The molecule has 1 aromatic rings. The third-order valence-corrected chi connectivity index (χ3v) is 2.66. The minimum atomic E-state index is -4.38. The Hall–Kier alpha value is -1.33.